The normalized spacial score (nSPS) is 26.4. The van der Waals surface area contributed by atoms with Crippen molar-refractivity contribution in [3.63, 3.8) is 0 Å². The molecular formula is C22H34N4O8. The van der Waals surface area contributed by atoms with Crippen LogP contribution in [0.5, 0.6) is 0 Å². The number of aliphatic hydroxyl groups is 3. The van der Waals surface area contributed by atoms with Crippen molar-refractivity contribution in [2.75, 3.05) is 11.9 Å². The summed E-state index contributed by atoms with van der Waals surface area (Å²) in [5.41, 5.74) is 12.0. The van der Waals surface area contributed by atoms with Crippen molar-refractivity contribution in [3.8, 4) is 0 Å². The van der Waals surface area contributed by atoms with Crippen LogP contribution in [0, 0.1) is 0 Å². The molecule has 12 heteroatoms. The molecule has 190 valence electrons. The third-order valence-electron chi connectivity index (χ3n) is 5.43. The van der Waals surface area contributed by atoms with E-state index in [4.69, 9.17) is 20.9 Å². The van der Waals surface area contributed by atoms with Gasteiger partial charge in [-0.1, -0.05) is 12.1 Å². The lowest BCUT2D eigenvalue weighted by Gasteiger charge is -2.38. The molecule has 34 heavy (non-hydrogen) atoms. The van der Waals surface area contributed by atoms with Crippen molar-refractivity contribution in [1.82, 2.24) is 5.32 Å². The molecule has 0 bridgehead atoms. The number of hydrogen-bond donors (Lipinski definition) is 7. The van der Waals surface area contributed by atoms with Gasteiger partial charge in [0.15, 0.2) is 6.29 Å². The number of anilines is 1. The zero-order valence-electron chi connectivity index (χ0n) is 19.2. The number of carbonyl (C=O) groups excluding carboxylic acids is 3. The maximum atomic E-state index is 12.6. The Morgan fingerprint density at radius 1 is 1.09 bits per heavy atom. The van der Waals surface area contributed by atoms with Gasteiger partial charge >= 0.3 is 0 Å². The Bertz CT molecular complexity index is 835. The van der Waals surface area contributed by atoms with E-state index in [1.54, 1.807) is 31.2 Å². The molecule has 1 aliphatic heterocycles. The smallest absolute Gasteiger partial charge is 0.246 e. The number of benzene rings is 1. The number of carbonyl (C=O) groups is 3. The highest BCUT2D eigenvalue weighted by Gasteiger charge is 2.42. The van der Waals surface area contributed by atoms with Gasteiger partial charge in [0.05, 0.1) is 18.8 Å². The number of aliphatic hydroxyl groups excluding tert-OH is 3. The number of rotatable bonds is 11. The summed E-state index contributed by atoms with van der Waals surface area (Å²) < 4.78 is 10.9. The second kappa shape index (κ2) is 12.7. The fraction of sp³-hybridized carbons (Fsp3) is 0.591. The molecule has 7 atom stereocenters. The Morgan fingerprint density at radius 3 is 2.32 bits per heavy atom. The average Bonchev–Trinajstić information content (AvgIpc) is 2.79. The second-order valence-corrected chi connectivity index (χ2v) is 8.34. The number of ether oxygens (including phenoxy) is 2. The van der Waals surface area contributed by atoms with Crippen LogP contribution in [-0.2, 0) is 30.3 Å². The van der Waals surface area contributed by atoms with Crippen molar-refractivity contribution in [2.24, 2.45) is 11.5 Å². The standard InChI is InChI=1S/C22H34N4O8/c1-11(23)20(31)26-15(7-8-16(24)27)21(32)25-14-5-3-13(4-6-14)9-10-33-22-19(30)18(29)17(28)12(2)34-22/h3-6,11-12,15,17-19,22,28-30H,7-10,23H2,1-2H3,(H2,24,27)(H,25,32)(H,26,31)/t11-,12?,15+,17?,18?,19?,22?/m1/s1. The monoisotopic (exact) mass is 482 g/mol. The predicted octanol–water partition coefficient (Wildman–Crippen LogP) is -1.89. The molecule has 0 aliphatic carbocycles. The Balaban J connectivity index is 1.88. The first-order chi connectivity index (χ1) is 16.0. The maximum absolute atomic E-state index is 12.6. The minimum absolute atomic E-state index is 0.0362. The van der Waals surface area contributed by atoms with Crippen LogP contribution in [0.15, 0.2) is 24.3 Å². The van der Waals surface area contributed by atoms with Gasteiger partial charge in [-0.2, -0.15) is 0 Å². The summed E-state index contributed by atoms with van der Waals surface area (Å²) in [5.74, 6) is -1.63. The van der Waals surface area contributed by atoms with Gasteiger partial charge in [-0.25, -0.2) is 0 Å². The number of nitrogens with one attached hydrogen (secondary N) is 2. The minimum atomic E-state index is -1.37. The summed E-state index contributed by atoms with van der Waals surface area (Å²) in [6.07, 6.45) is -5.25. The Labute approximate surface area is 197 Å². The van der Waals surface area contributed by atoms with Gasteiger partial charge in [0.25, 0.3) is 0 Å². The van der Waals surface area contributed by atoms with Gasteiger partial charge in [0.1, 0.15) is 24.4 Å². The average molecular weight is 483 g/mol. The molecule has 1 aromatic carbocycles. The number of amides is 3. The lowest BCUT2D eigenvalue weighted by Crippen LogP contribution is -2.57. The van der Waals surface area contributed by atoms with E-state index in [-0.39, 0.29) is 19.4 Å². The quantitative estimate of drug-likeness (QED) is 0.188. The Hall–Kier alpha value is -2.61. The van der Waals surface area contributed by atoms with E-state index in [9.17, 15) is 29.7 Å². The molecule has 3 amide bonds. The molecule has 0 spiro atoms. The summed E-state index contributed by atoms with van der Waals surface area (Å²) in [6.45, 7) is 3.24. The van der Waals surface area contributed by atoms with Gasteiger partial charge in [0.2, 0.25) is 17.7 Å². The molecular weight excluding hydrogens is 448 g/mol. The summed E-state index contributed by atoms with van der Waals surface area (Å²) >= 11 is 0. The van der Waals surface area contributed by atoms with E-state index < -0.39 is 60.5 Å². The van der Waals surface area contributed by atoms with E-state index >= 15 is 0 Å². The van der Waals surface area contributed by atoms with Crippen LogP contribution < -0.4 is 22.1 Å². The lowest BCUT2D eigenvalue weighted by atomic mass is 10.00. The highest BCUT2D eigenvalue weighted by Crippen LogP contribution is 2.22. The van der Waals surface area contributed by atoms with Crippen molar-refractivity contribution in [3.05, 3.63) is 29.8 Å². The first-order valence-corrected chi connectivity index (χ1v) is 11.0. The molecule has 2 rings (SSSR count). The third kappa shape index (κ3) is 8.01. The van der Waals surface area contributed by atoms with Crippen molar-refractivity contribution in [2.45, 2.75) is 75.9 Å². The molecule has 1 aromatic rings. The summed E-state index contributed by atoms with van der Waals surface area (Å²) in [7, 11) is 0. The maximum Gasteiger partial charge on any atom is 0.246 e. The molecule has 1 heterocycles. The van der Waals surface area contributed by atoms with E-state index in [0.717, 1.165) is 5.56 Å². The summed E-state index contributed by atoms with van der Waals surface area (Å²) in [5, 5.41) is 34.7. The highest BCUT2D eigenvalue weighted by atomic mass is 16.7. The minimum Gasteiger partial charge on any atom is -0.388 e. The third-order valence-corrected chi connectivity index (χ3v) is 5.43. The fourth-order valence-electron chi connectivity index (χ4n) is 3.29. The molecule has 9 N–H and O–H groups in total. The molecule has 5 unspecified atom stereocenters. The predicted molar refractivity (Wildman–Crippen MR) is 121 cm³/mol. The first-order valence-electron chi connectivity index (χ1n) is 11.0. The topological polar surface area (TPSA) is 206 Å². The van der Waals surface area contributed by atoms with Crippen LogP contribution in [-0.4, -0.2) is 82.4 Å². The largest absolute Gasteiger partial charge is 0.388 e. The summed E-state index contributed by atoms with van der Waals surface area (Å²) in [4.78, 5) is 35.6. The molecule has 1 saturated heterocycles. The molecule has 0 radical (unpaired) electrons. The number of primary amides is 1. The molecule has 1 aliphatic rings. The SMILES string of the molecule is CC1OC(OCCc2ccc(NC(=O)[C@H](CCC(N)=O)NC(=O)[C@@H](C)N)cc2)C(O)C(O)C1O. The van der Waals surface area contributed by atoms with E-state index in [1.165, 1.54) is 6.92 Å². The number of hydrogen-bond acceptors (Lipinski definition) is 9. The van der Waals surface area contributed by atoms with Crippen LogP contribution in [0.4, 0.5) is 5.69 Å². The van der Waals surface area contributed by atoms with Gasteiger partial charge < -0.3 is 46.9 Å². The highest BCUT2D eigenvalue weighted by molar-refractivity contribution is 5.98. The Morgan fingerprint density at radius 2 is 1.74 bits per heavy atom. The molecule has 1 fully saturated rings. The summed E-state index contributed by atoms with van der Waals surface area (Å²) in [6, 6.07) is 5.06. The van der Waals surface area contributed by atoms with Gasteiger partial charge in [-0.15, -0.1) is 0 Å². The van der Waals surface area contributed by atoms with Crippen molar-refractivity contribution < 1.29 is 39.2 Å². The van der Waals surface area contributed by atoms with E-state index in [0.29, 0.717) is 12.1 Å². The fourth-order valence-corrected chi connectivity index (χ4v) is 3.29. The lowest BCUT2D eigenvalue weighted by molar-refractivity contribution is -0.292. The Kier molecular flexibility index (Phi) is 10.4. The van der Waals surface area contributed by atoms with Crippen molar-refractivity contribution in [1.29, 1.82) is 0 Å². The van der Waals surface area contributed by atoms with Gasteiger partial charge in [0, 0.05) is 12.1 Å². The number of nitrogens with two attached hydrogens (primary N) is 2. The van der Waals surface area contributed by atoms with Gasteiger partial charge in [-0.05, 0) is 44.4 Å². The molecule has 0 aromatic heterocycles. The van der Waals surface area contributed by atoms with Crippen LogP contribution >= 0.6 is 0 Å². The van der Waals surface area contributed by atoms with Gasteiger partial charge in [-0.3, -0.25) is 14.4 Å². The van der Waals surface area contributed by atoms with Crippen LogP contribution in [0.25, 0.3) is 0 Å². The van der Waals surface area contributed by atoms with E-state index in [2.05, 4.69) is 10.6 Å². The zero-order chi connectivity index (χ0) is 25.4. The molecule has 0 saturated carbocycles. The first kappa shape index (κ1) is 27.6. The second-order valence-electron chi connectivity index (χ2n) is 8.34. The van der Waals surface area contributed by atoms with Crippen LogP contribution in [0.2, 0.25) is 0 Å². The zero-order valence-corrected chi connectivity index (χ0v) is 19.2. The molecule has 12 nitrogen and oxygen atoms in total. The van der Waals surface area contributed by atoms with E-state index in [1.807, 2.05) is 0 Å². The van der Waals surface area contributed by atoms with Crippen LogP contribution in [0.1, 0.15) is 32.3 Å². The van der Waals surface area contributed by atoms with Crippen LogP contribution in [0.3, 0.4) is 0 Å². The van der Waals surface area contributed by atoms with Crippen molar-refractivity contribution >= 4 is 23.4 Å².